The summed E-state index contributed by atoms with van der Waals surface area (Å²) in [5, 5.41) is 0. The van der Waals surface area contributed by atoms with Gasteiger partial charge in [0.25, 0.3) is 11.8 Å². The Morgan fingerprint density at radius 3 is 2.37 bits per heavy atom. The Morgan fingerprint density at radius 2 is 1.60 bits per heavy atom. The van der Waals surface area contributed by atoms with Crippen LogP contribution in [0.3, 0.4) is 0 Å². The topological polar surface area (TPSA) is 120 Å². The molecule has 9 nitrogen and oxygen atoms in total. The number of hydrazine groups is 1. The van der Waals surface area contributed by atoms with Crippen LogP contribution in [0.5, 0.6) is 11.5 Å². The summed E-state index contributed by atoms with van der Waals surface area (Å²) in [6, 6.07) is 15.5. The summed E-state index contributed by atoms with van der Waals surface area (Å²) in [6.07, 6.45) is -1.12. The molecule has 156 valence electrons. The van der Waals surface area contributed by atoms with Crippen molar-refractivity contribution in [2.24, 2.45) is 0 Å². The molecule has 1 aliphatic rings. The average molecular weight is 412 g/mol. The number of esters is 1. The highest BCUT2D eigenvalue weighted by Gasteiger charge is 2.27. The molecule has 0 bridgehead atoms. The van der Waals surface area contributed by atoms with Crippen molar-refractivity contribution in [1.29, 1.82) is 0 Å². The van der Waals surface area contributed by atoms with E-state index < -0.39 is 30.5 Å². The zero-order chi connectivity index (χ0) is 21.3. The lowest BCUT2D eigenvalue weighted by molar-refractivity contribution is -0.149. The summed E-state index contributed by atoms with van der Waals surface area (Å²) >= 11 is 0. The molecular formula is C21H20N2O7. The molecule has 0 unspecified atom stereocenters. The lowest BCUT2D eigenvalue weighted by Gasteiger charge is -2.25. The number of ketones is 1. The van der Waals surface area contributed by atoms with Crippen LogP contribution in [-0.2, 0) is 19.1 Å². The Bertz CT molecular complexity index is 930. The van der Waals surface area contributed by atoms with Gasteiger partial charge in [0.15, 0.2) is 23.9 Å². The Labute approximate surface area is 172 Å². The van der Waals surface area contributed by atoms with Crippen LogP contribution >= 0.6 is 0 Å². The van der Waals surface area contributed by atoms with Gasteiger partial charge >= 0.3 is 5.97 Å². The van der Waals surface area contributed by atoms with Crippen LogP contribution in [0.15, 0.2) is 54.6 Å². The SMILES string of the molecule is O=C(COC(=O)CCC(=O)c1ccccc1)NNC(=O)[C@H]1COc2ccccc2O1. The fourth-order valence-corrected chi connectivity index (χ4v) is 2.60. The molecule has 9 heteroatoms. The second kappa shape index (κ2) is 10.1. The van der Waals surface area contributed by atoms with E-state index in [1.165, 1.54) is 0 Å². The molecule has 2 aromatic rings. The predicted molar refractivity (Wildman–Crippen MR) is 104 cm³/mol. The van der Waals surface area contributed by atoms with Crippen molar-refractivity contribution in [2.75, 3.05) is 13.2 Å². The largest absolute Gasteiger partial charge is 0.485 e. The first-order valence-corrected chi connectivity index (χ1v) is 9.24. The van der Waals surface area contributed by atoms with Crippen LogP contribution in [0, 0.1) is 0 Å². The molecule has 0 aromatic heterocycles. The Morgan fingerprint density at radius 1 is 0.900 bits per heavy atom. The summed E-state index contributed by atoms with van der Waals surface area (Å²) in [5.74, 6) is -1.28. The van der Waals surface area contributed by atoms with Gasteiger partial charge in [-0.2, -0.15) is 0 Å². The van der Waals surface area contributed by atoms with Crippen LogP contribution in [0.4, 0.5) is 0 Å². The smallest absolute Gasteiger partial charge is 0.306 e. The predicted octanol–water partition coefficient (Wildman–Crippen LogP) is 1.18. The van der Waals surface area contributed by atoms with Gasteiger partial charge in [-0.1, -0.05) is 42.5 Å². The zero-order valence-corrected chi connectivity index (χ0v) is 16.0. The van der Waals surface area contributed by atoms with E-state index in [4.69, 9.17) is 14.2 Å². The van der Waals surface area contributed by atoms with E-state index >= 15 is 0 Å². The molecule has 1 atom stereocenters. The van der Waals surface area contributed by atoms with Gasteiger partial charge in [0, 0.05) is 12.0 Å². The normalized spacial score (nSPS) is 14.3. The molecule has 0 fully saturated rings. The fraction of sp³-hybridized carbons (Fsp3) is 0.238. The quantitative estimate of drug-likeness (QED) is 0.398. The highest BCUT2D eigenvalue weighted by Crippen LogP contribution is 2.30. The molecule has 0 saturated heterocycles. The van der Waals surface area contributed by atoms with Crippen molar-refractivity contribution >= 4 is 23.6 Å². The van der Waals surface area contributed by atoms with Crippen LogP contribution in [0.1, 0.15) is 23.2 Å². The molecule has 0 spiro atoms. The molecular weight excluding hydrogens is 392 g/mol. The number of carbonyl (C=O) groups is 4. The number of rotatable bonds is 7. The lowest BCUT2D eigenvalue weighted by atomic mass is 10.1. The van der Waals surface area contributed by atoms with E-state index in [1.54, 1.807) is 54.6 Å². The molecule has 2 N–H and O–H groups in total. The molecule has 1 aliphatic heterocycles. The first-order chi connectivity index (χ1) is 14.5. The van der Waals surface area contributed by atoms with Crippen molar-refractivity contribution in [1.82, 2.24) is 10.9 Å². The third kappa shape index (κ3) is 5.81. The van der Waals surface area contributed by atoms with Crippen molar-refractivity contribution < 1.29 is 33.4 Å². The summed E-state index contributed by atoms with van der Waals surface area (Å²) in [6.45, 7) is -0.605. The standard InChI is InChI=1S/C21H20N2O7/c24-15(14-6-2-1-3-7-14)10-11-20(26)29-13-19(25)22-23-21(27)18-12-28-16-8-4-5-9-17(16)30-18/h1-9,18H,10-13H2,(H,22,25)(H,23,27)/t18-/m1/s1. The number of amides is 2. The summed E-state index contributed by atoms with van der Waals surface area (Å²) < 4.78 is 15.7. The second-order valence-electron chi connectivity index (χ2n) is 6.35. The van der Waals surface area contributed by atoms with Crippen molar-refractivity contribution in [3.63, 3.8) is 0 Å². The van der Waals surface area contributed by atoms with E-state index in [2.05, 4.69) is 10.9 Å². The van der Waals surface area contributed by atoms with E-state index in [0.717, 1.165) is 0 Å². The first kappa shape index (κ1) is 20.8. The van der Waals surface area contributed by atoms with Gasteiger partial charge in [-0.15, -0.1) is 0 Å². The van der Waals surface area contributed by atoms with Crippen molar-refractivity contribution in [3.05, 3.63) is 60.2 Å². The Balaban J connectivity index is 1.33. The molecule has 0 radical (unpaired) electrons. The second-order valence-corrected chi connectivity index (χ2v) is 6.35. The minimum Gasteiger partial charge on any atom is -0.485 e. The molecule has 3 rings (SSSR count). The summed E-state index contributed by atoms with van der Waals surface area (Å²) in [4.78, 5) is 47.5. The van der Waals surface area contributed by atoms with E-state index in [-0.39, 0.29) is 25.2 Å². The minimum absolute atomic E-state index is 0.0108. The third-order valence-electron chi connectivity index (χ3n) is 4.14. The van der Waals surface area contributed by atoms with Crippen molar-refractivity contribution in [3.8, 4) is 11.5 Å². The number of benzene rings is 2. The number of nitrogens with one attached hydrogen (secondary N) is 2. The van der Waals surface area contributed by atoms with Crippen LogP contribution in [0.2, 0.25) is 0 Å². The van der Waals surface area contributed by atoms with Crippen molar-refractivity contribution in [2.45, 2.75) is 18.9 Å². The number of fused-ring (bicyclic) bond motifs is 1. The number of Topliss-reactive ketones (excluding diaryl/α,β-unsaturated/α-hetero) is 1. The maximum atomic E-state index is 12.1. The molecule has 2 aromatic carbocycles. The van der Waals surface area contributed by atoms with Gasteiger partial charge in [0.1, 0.15) is 6.61 Å². The van der Waals surface area contributed by atoms with Crippen LogP contribution < -0.4 is 20.3 Å². The number of carbonyl (C=O) groups excluding carboxylic acids is 4. The number of hydrogen-bond acceptors (Lipinski definition) is 7. The third-order valence-corrected chi connectivity index (χ3v) is 4.14. The highest BCUT2D eigenvalue weighted by molar-refractivity contribution is 5.97. The Hall–Kier alpha value is -3.88. The maximum absolute atomic E-state index is 12.1. The average Bonchev–Trinajstić information content (AvgIpc) is 2.79. The van der Waals surface area contributed by atoms with E-state index in [0.29, 0.717) is 17.1 Å². The van der Waals surface area contributed by atoms with Gasteiger partial charge in [-0.3, -0.25) is 30.0 Å². The van der Waals surface area contributed by atoms with Crippen LogP contribution in [0.25, 0.3) is 0 Å². The van der Waals surface area contributed by atoms with Gasteiger partial charge in [0.2, 0.25) is 6.10 Å². The number of hydrogen-bond donors (Lipinski definition) is 2. The van der Waals surface area contributed by atoms with E-state index in [1.807, 2.05) is 0 Å². The molecule has 2 amide bonds. The van der Waals surface area contributed by atoms with Gasteiger partial charge in [0.05, 0.1) is 6.42 Å². The van der Waals surface area contributed by atoms with E-state index in [9.17, 15) is 19.2 Å². The van der Waals surface area contributed by atoms with Gasteiger partial charge < -0.3 is 14.2 Å². The first-order valence-electron chi connectivity index (χ1n) is 9.24. The number of ether oxygens (including phenoxy) is 3. The molecule has 30 heavy (non-hydrogen) atoms. The lowest BCUT2D eigenvalue weighted by Crippen LogP contribution is -2.51. The highest BCUT2D eigenvalue weighted by atomic mass is 16.6. The molecule has 1 heterocycles. The Kier molecular flexibility index (Phi) is 6.99. The maximum Gasteiger partial charge on any atom is 0.306 e. The monoisotopic (exact) mass is 412 g/mol. The molecule has 0 aliphatic carbocycles. The number of para-hydroxylation sites is 2. The summed E-state index contributed by atoms with van der Waals surface area (Å²) in [7, 11) is 0. The zero-order valence-electron chi connectivity index (χ0n) is 16.0. The van der Waals surface area contributed by atoms with Gasteiger partial charge in [-0.05, 0) is 12.1 Å². The fourth-order valence-electron chi connectivity index (χ4n) is 2.60. The minimum atomic E-state index is -0.938. The van der Waals surface area contributed by atoms with Crippen LogP contribution in [-0.4, -0.2) is 42.9 Å². The molecule has 0 saturated carbocycles. The van der Waals surface area contributed by atoms with Gasteiger partial charge in [-0.25, -0.2) is 0 Å². The summed E-state index contributed by atoms with van der Waals surface area (Å²) in [5.41, 5.74) is 4.82.